The van der Waals surface area contributed by atoms with Crippen molar-refractivity contribution in [2.45, 2.75) is 39.5 Å². The van der Waals surface area contributed by atoms with Crippen molar-refractivity contribution in [1.82, 2.24) is 5.32 Å². The Balaban J connectivity index is 2.13. The Kier molecular flexibility index (Phi) is 7.48. The third-order valence-corrected chi connectivity index (χ3v) is 4.05. The van der Waals surface area contributed by atoms with Gasteiger partial charge >= 0.3 is 5.97 Å². The molecule has 0 aliphatic rings. The maximum atomic E-state index is 11.5. The topological polar surface area (TPSA) is 67.8 Å². The molecule has 0 radical (unpaired) electrons. The molecular weight excluding hydrogens is 330 g/mol. The number of ether oxygens (including phenoxy) is 2. The number of nitrogens with one attached hydrogen (secondary N) is 1. The number of hydrogen-bond acceptors (Lipinski definition) is 4. The van der Waals surface area contributed by atoms with Crippen molar-refractivity contribution in [3.05, 3.63) is 59.7 Å². The van der Waals surface area contributed by atoms with Gasteiger partial charge in [0.25, 0.3) is 0 Å². The predicted molar refractivity (Wildman–Crippen MR) is 101 cm³/mol. The number of para-hydroxylation sites is 1. The maximum Gasteiger partial charge on any atom is 0.320 e. The van der Waals surface area contributed by atoms with Gasteiger partial charge in [-0.2, -0.15) is 0 Å². The molecular formula is C21H27NO4. The van der Waals surface area contributed by atoms with Crippen LogP contribution >= 0.6 is 0 Å². The van der Waals surface area contributed by atoms with Crippen LogP contribution in [0.2, 0.25) is 0 Å². The second kappa shape index (κ2) is 9.82. The zero-order chi connectivity index (χ0) is 18.9. The van der Waals surface area contributed by atoms with Gasteiger partial charge in [-0.1, -0.05) is 56.3 Å². The van der Waals surface area contributed by atoms with E-state index in [-0.39, 0.29) is 0 Å². The summed E-state index contributed by atoms with van der Waals surface area (Å²) in [5.41, 5.74) is 1.93. The van der Waals surface area contributed by atoms with E-state index in [1.54, 1.807) is 7.11 Å². The molecule has 2 N–H and O–H groups in total. The Bertz CT molecular complexity index is 700. The van der Waals surface area contributed by atoms with Crippen LogP contribution in [0.5, 0.6) is 11.5 Å². The van der Waals surface area contributed by atoms with E-state index in [1.165, 1.54) is 0 Å². The number of aliphatic carboxylic acids is 1. The Morgan fingerprint density at radius 3 is 2.46 bits per heavy atom. The first-order valence-electron chi connectivity index (χ1n) is 8.80. The lowest BCUT2D eigenvalue weighted by molar-refractivity contribution is -0.140. The number of rotatable bonds is 10. The van der Waals surface area contributed by atoms with Crippen molar-refractivity contribution >= 4 is 5.97 Å². The van der Waals surface area contributed by atoms with Gasteiger partial charge in [0.05, 0.1) is 7.11 Å². The van der Waals surface area contributed by atoms with Gasteiger partial charge in [-0.25, -0.2) is 0 Å². The lowest BCUT2D eigenvalue weighted by atomic mass is 10.0. The van der Waals surface area contributed by atoms with Crippen LogP contribution in [-0.4, -0.2) is 24.2 Å². The summed E-state index contributed by atoms with van der Waals surface area (Å²) in [7, 11) is 1.60. The second-order valence-corrected chi connectivity index (χ2v) is 6.62. The lowest BCUT2D eigenvalue weighted by Gasteiger charge is -2.19. The smallest absolute Gasteiger partial charge is 0.320 e. The first-order valence-corrected chi connectivity index (χ1v) is 8.80. The van der Waals surface area contributed by atoms with E-state index < -0.39 is 12.0 Å². The van der Waals surface area contributed by atoms with Crippen LogP contribution in [0.4, 0.5) is 0 Å². The minimum atomic E-state index is -0.839. The van der Waals surface area contributed by atoms with Crippen molar-refractivity contribution in [2.75, 3.05) is 7.11 Å². The number of carboxylic acid groups (broad SMARTS) is 1. The number of benzene rings is 2. The van der Waals surface area contributed by atoms with Crippen molar-refractivity contribution in [3.63, 3.8) is 0 Å². The summed E-state index contributed by atoms with van der Waals surface area (Å²) >= 11 is 0. The summed E-state index contributed by atoms with van der Waals surface area (Å²) in [6.07, 6.45) is 0.569. The SMILES string of the molecule is COc1cccc(CNC(CC(C)C)C(=O)O)c1OCc1ccccc1. The molecule has 0 spiro atoms. The maximum absolute atomic E-state index is 11.5. The van der Waals surface area contributed by atoms with Crippen LogP contribution in [0.15, 0.2) is 48.5 Å². The van der Waals surface area contributed by atoms with Crippen LogP contribution in [-0.2, 0) is 17.9 Å². The first-order chi connectivity index (χ1) is 12.5. The molecule has 26 heavy (non-hydrogen) atoms. The third kappa shape index (κ3) is 5.77. The van der Waals surface area contributed by atoms with Gasteiger partial charge in [-0.3, -0.25) is 4.79 Å². The van der Waals surface area contributed by atoms with Gasteiger partial charge in [0.15, 0.2) is 11.5 Å². The molecule has 2 aromatic rings. The zero-order valence-electron chi connectivity index (χ0n) is 15.6. The van der Waals surface area contributed by atoms with Crippen molar-refractivity contribution in [1.29, 1.82) is 0 Å². The van der Waals surface area contributed by atoms with Gasteiger partial charge in [0, 0.05) is 12.1 Å². The van der Waals surface area contributed by atoms with E-state index in [2.05, 4.69) is 5.32 Å². The molecule has 1 atom stereocenters. The molecule has 0 amide bonds. The minimum Gasteiger partial charge on any atom is -0.493 e. The average Bonchev–Trinajstić information content (AvgIpc) is 2.63. The first kappa shape index (κ1) is 19.8. The Labute approximate surface area is 155 Å². The highest BCUT2D eigenvalue weighted by molar-refractivity contribution is 5.73. The molecule has 2 aromatic carbocycles. The molecule has 0 saturated heterocycles. The van der Waals surface area contributed by atoms with Crippen LogP contribution < -0.4 is 14.8 Å². The van der Waals surface area contributed by atoms with Crippen LogP contribution in [0.1, 0.15) is 31.4 Å². The van der Waals surface area contributed by atoms with E-state index in [0.29, 0.717) is 37.0 Å². The molecule has 0 bridgehead atoms. The van der Waals surface area contributed by atoms with Crippen molar-refractivity contribution in [2.24, 2.45) is 5.92 Å². The molecule has 0 aliphatic heterocycles. The Morgan fingerprint density at radius 2 is 1.85 bits per heavy atom. The molecule has 0 saturated carbocycles. The molecule has 2 rings (SSSR count). The summed E-state index contributed by atoms with van der Waals surface area (Å²) in [5, 5.41) is 12.5. The summed E-state index contributed by atoms with van der Waals surface area (Å²) < 4.78 is 11.4. The molecule has 5 heteroatoms. The largest absolute Gasteiger partial charge is 0.493 e. The van der Waals surface area contributed by atoms with Gasteiger partial charge in [-0.15, -0.1) is 0 Å². The Hall–Kier alpha value is -2.53. The van der Waals surface area contributed by atoms with Crippen molar-refractivity contribution in [3.8, 4) is 11.5 Å². The number of hydrogen-bond donors (Lipinski definition) is 2. The lowest BCUT2D eigenvalue weighted by Crippen LogP contribution is -2.37. The average molecular weight is 357 g/mol. The quantitative estimate of drug-likeness (QED) is 0.676. The van der Waals surface area contributed by atoms with E-state index in [4.69, 9.17) is 9.47 Å². The zero-order valence-corrected chi connectivity index (χ0v) is 15.6. The van der Waals surface area contributed by atoms with Gasteiger partial charge in [0.2, 0.25) is 0 Å². The fourth-order valence-electron chi connectivity index (χ4n) is 2.73. The Morgan fingerprint density at radius 1 is 1.12 bits per heavy atom. The third-order valence-electron chi connectivity index (χ3n) is 4.05. The number of carboxylic acids is 1. The molecule has 0 aromatic heterocycles. The monoisotopic (exact) mass is 357 g/mol. The summed E-state index contributed by atoms with van der Waals surface area (Å²) in [5.74, 6) is 0.729. The standard InChI is InChI=1S/C21H27NO4/c1-15(2)12-18(21(23)24)22-13-17-10-7-11-19(25-3)20(17)26-14-16-8-5-4-6-9-16/h4-11,15,18,22H,12-14H2,1-3H3,(H,23,24). The predicted octanol–water partition coefficient (Wildman–Crippen LogP) is 3.86. The minimum absolute atomic E-state index is 0.294. The van der Waals surface area contributed by atoms with Gasteiger partial charge in [0.1, 0.15) is 12.6 Å². The van der Waals surface area contributed by atoms with Crippen molar-refractivity contribution < 1.29 is 19.4 Å². The van der Waals surface area contributed by atoms with E-state index in [9.17, 15) is 9.90 Å². The molecule has 0 aliphatic carbocycles. The van der Waals surface area contributed by atoms with Crippen LogP contribution in [0, 0.1) is 5.92 Å². The molecule has 0 heterocycles. The summed E-state index contributed by atoms with van der Waals surface area (Å²) in [6.45, 7) is 4.84. The molecule has 140 valence electrons. The fraction of sp³-hybridized carbons (Fsp3) is 0.381. The molecule has 0 fully saturated rings. The van der Waals surface area contributed by atoms with Crippen LogP contribution in [0.3, 0.4) is 0 Å². The van der Waals surface area contributed by atoms with Gasteiger partial charge < -0.3 is 19.9 Å². The summed E-state index contributed by atoms with van der Waals surface area (Å²) in [6, 6.07) is 14.9. The second-order valence-electron chi connectivity index (χ2n) is 6.62. The highest BCUT2D eigenvalue weighted by atomic mass is 16.5. The summed E-state index contributed by atoms with van der Waals surface area (Å²) in [4.78, 5) is 11.5. The van der Waals surface area contributed by atoms with Gasteiger partial charge in [-0.05, 0) is 24.0 Å². The highest BCUT2D eigenvalue weighted by Crippen LogP contribution is 2.32. The normalized spacial score (nSPS) is 12.0. The molecule has 1 unspecified atom stereocenters. The van der Waals surface area contributed by atoms with E-state index in [1.807, 2.05) is 62.4 Å². The highest BCUT2D eigenvalue weighted by Gasteiger charge is 2.19. The van der Waals surface area contributed by atoms with Crippen LogP contribution in [0.25, 0.3) is 0 Å². The fourth-order valence-corrected chi connectivity index (χ4v) is 2.73. The molecule has 5 nitrogen and oxygen atoms in total. The van der Waals surface area contributed by atoms with E-state index >= 15 is 0 Å². The van der Waals surface area contributed by atoms with E-state index in [0.717, 1.165) is 11.1 Å². The number of methoxy groups -OCH3 is 1. The number of carbonyl (C=O) groups is 1.